The molecule has 1 aromatic rings. The topological polar surface area (TPSA) is 49.4 Å². The molecule has 1 heterocycles. The van der Waals surface area contributed by atoms with Crippen molar-refractivity contribution in [2.75, 3.05) is 11.4 Å². The Bertz CT molecular complexity index is 548. The third-order valence-corrected chi connectivity index (χ3v) is 2.92. The number of benzene rings is 1. The van der Waals surface area contributed by atoms with E-state index in [0.29, 0.717) is 12.1 Å². The zero-order valence-corrected chi connectivity index (χ0v) is 10.0. The Hall–Kier alpha value is -2.05. The molecule has 102 valence electrons. The van der Waals surface area contributed by atoms with Gasteiger partial charge in [-0.05, 0) is 6.42 Å². The quantitative estimate of drug-likeness (QED) is 0.826. The van der Waals surface area contributed by atoms with E-state index in [1.807, 2.05) is 0 Å². The van der Waals surface area contributed by atoms with Crippen LogP contribution in [0.1, 0.15) is 13.3 Å². The Kier molecular flexibility index (Phi) is 3.46. The van der Waals surface area contributed by atoms with E-state index in [0.717, 1.165) is 4.90 Å². The molecule has 0 spiro atoms. The minimum absolute atomic E-state index is 0.204. The van der Waals surface area contributed by atoms with Gasteiger partial charge < -0.3 is 5.32 Å². The average Bonchev–Trinajstić information content (AvgIpc) is 2.36. The monoisotopic (exact) mass is 272 g/mol. The number of nitrogens with one attached hydrogen (secondary N) is 1. The molecular weight excluding hydrogens is 261 g/mol. The summed E-state index contributed by atoms with van der Waals surface area (Å²) >= 11 is 0. The predicted molar refractivity (Wildman–Crippen MR) is 60.9 cm³/mol. The first-order valence-electron chi connectivity index (χ1n) is 5.70. The molecule has 0 radical (unpaired) electrons. The van der Waals surface area contributed by atoms with Crippen LogP contribution in [0.5, 0.6) is 0 Å². The van der Waals surface area contributed by atoms with Crippen LogP contribution < -0.4 is 10.2 Å². The Morgan fingerprint density at radius 1 is 1.32 bits per heavy atom. The van der Waals surface area contributed by atoms with E-state index in [-0.39, 0.29) is 13.0 Å². The lowest BCUT2D eigenvalue weighted by molar-refractivity contribution is -0.131. The Balaban J connectivity index is 2.54. The molecule has 1 aliphatic heterocycles. The van der Waals surface area contributed by atoms with Crippen LogP contribution in [0.25, 0.3) is 0 Å². The number of amides is 2. The van der Waals surface area contributed by atoms with E-state index in [1.54, 1.807) is 6.92 Å². The van der Waals surface area contributed by atoms with Crippen molar-refractivity contribution in [3.8, 4) is 0 Å². The minimum Gasteiger partial charge on any atom is -0.345 e. The van der Waals surface area contributed by atoms with E-state index in [1.165, 1.54) is 0 Å². The van der Waals surface area contributed by atoms with Gasteiger partial charge in [0.05, 0.1) is 12.2 Å². The second-order valence-corrected chi connectivity index (χ2v) is 4.13. The van der Waals surface area contributed by atoms with Crippen molar-refractivity contribution in [3.05, 3.63) is 29.6 Å². The van der Waals surface area contributed by atoms with Gasteiger partial charge >= 0.3 is 0 Å². The van der Waals surface area contributed by atoms with Crippen molar-refractivity contribution >= 4 is 17.5 Å². The maximum Gasteiger partial charge on any atom is 0.247 e. The zero-order chi connectivity index (χ0) is 14.2. The molecule has 0 aliphatic carbocycles. The van der Waals surface area contributed by atoms with Crippen LogP contribution in [0.4, 0.5) is 18.9 Å². The first-order chi connectivity index (χ1) is 8.95. The van der Waals surface area contributed by atoms with Gasteiger partial charge in [-0.15, -0.1) is 0 Å². The number of hydrogen-bond donors (Lipinski definition) is 1. The second-order valence-electron chi connectivity index (χ2n) is 4.13. The summed E-state index contributed by atoms with van der Waals surface area (Å²) in [6, 6.07) is 0.114. The van der Waals surface area contributed by atoms with Crippen LogP contribution in [-0.2, 0) is 9.59 Å². The molecule has 1 N–H and O–H groups in total. The number of carbonyl (C=O) groups excluding carboxylic acids is 2. The lowest BCUT2D eigenvalue weighted by Crippen LogP contribution is -2.58. The average molecular weight is 272 g/mol. The van der Waals surface area contributed by atoms with Crippen LogP contribution in [0.2, 0.25) is 0 Å². The SMILES string of the molecule is CCC1C(=O)NCC(=O)N1c1cc(F)cc(F)c1F. The first-order valence-corrected chi connectivity index (χ1v) is 5.70. The standard InChI is InChI=1S/C12H11F3N2O2/c1-2-8-12(19)16-5-10(18)17(8)9-4-6(13)3-7(14)11(9)15/h3-4,8H,2,5H2,1H3,(H,16,19). The molecule has 1 aliphatic rings. The van der Waals surface area contributed by atoms with Crippen molar-refractivity contribution in [2.24, 2.45) is 0 Å². The Morgan fingerprint density at radius 2 is 2.00 bits per heavy atom. The summed E-state index contributed by atoms with van der Waals surface area (Å²) in [4.78, 5) is 24.2. The minimum atomic E-state index is -1.40. The van der Waals surface area contributed by atoms with Gasteiger partial charge in [-0.3, -0.25) is 14.5 Å². The molecule has 1 fully saturated rings. The molecule has 7 heteroatoms. The van der Waals surface area contributed by atoms with Crippen LogP contribution >= 0.6 is 0 Å². The maximum atomic E-state index is 13.7. The molecule has 0 bridgehead atoms. The number of anilines is 1. The molecule has 2 amide bonds. The molecule has 2 rings (SSSR count). The molecule has 1 unspecified atom stereocenters. The molecule has 1 saturated heterocycles. The Labute approximate surface area is 107 Å². The highest BCUT2D eigenvalue weighted by Crippen LogP contribution is 2.27. The predicted octanol–water partition coefficient (Wildman–Crippen LogP) is 1.35. The van der Waals surface area contributed by atoms with Gasteiger partial charge in [0, 0.05) is 12.1 Å². The van der Waals surface area contributed by atoms with Crippen molar-refractivity contribution < 1.29 is 22.8 Å². The molecular formula is C12H11F3N2O2. The third-order valence-electron chi connectivity index (χ3n) is 2.92. The summed E-state index contributed by atoms with van der Waals surface area (Å²) in [6.07, 6.45) is 0.204. The van der Waals surface area contributed by atoms with Crippen LogP contribution in [0, 0.1) is 17.5 Å². The van der Waals surface area contributed by atoms with Gasteiger partial charge in [-0.1, -0.05) is 6.92 Å². The fraction of sp³-hybridized carbons (Fsp3) is 0.333. The van der Waals surface area contributed by atoms with E-state index in [2.05, 4.69) is 5.32 Å². The summed E-state index contributed by atoms with van der Waals surface area (Å²) < 4.78 is 40.1. The molecule has 1 atom stereocenters. The van der Waals surface area contributed by atoms with Gasteiger partial charge in [0.15, 0.2) is 11.6 Å². The zero-order valence-electron chi connectivity index (χ0n) is 10.0. The third kappa shape index (κ3) is 2.27. The number of piperazine rings is 1. The van der Waals surface area contributed by atoms with Crippen molar-refractivity contribution in [3.63, 3.8) is 0 Å². The fourth-order valence-electron chi connectivity index (χ4n) is 2.04. The van der Waals surface area contributed by atoms with Gasteiger partial charge in [-0.25, -0.2) is 13.2 Å². The van der Waals surface area contributed by atoms with Gasteiger partial charge in [0.2, 0.25) is 11.8 Å². The van der Waals surface area contributed by atoms with E-state index in [9.17, 15) is 22.8 Å². The number of hydrogen-bond acceptors (Lipinski definition) is 2. The highest BCUT2D eigenvalue weighted by Gasteiger charge is 2.36. The molecule has 0 aromatic heterocycles. The van der Waals surface area contributed by atoms with Crippen molar-refractivity contribution in [1.82, 2.24) is 5.32 Å². The summed E-state index contributed by atoms with van der Waals surface area (Å²) in [5, 5.41) is 2.34. The maximum absolute atomic E-state index is 13.7. The van der Waals surface area contributed by atoms with E-state index < -0.39 is 41.0 Å². The molecule has 0 saturated carbocycles. The number of carbonyl (C=O) groups is 2. The molecule has 1 aromatic carbocycles. The number of halogens is 3. The van der Waals surface area contributed by atoms with Crippen LogP contribution in [-0.4, -0.2) is 24.4 Å². The van der Waals surface area contributed by atoms with E-state index in [4.69, 9.17) is 0 Å². The number of nitrogens with zero attached hydrogens (tertiary/aromatic N) is 1. The van der Waals surface area contributed by atoms with Gasteiger partial charge in [-0.2, -0.15) is 0 Å². The van der Waals surface area contributed by atoms with Crippen molar-refractivity contribution in [1.29, 1.82) is 0 Å². The summed E-state index contributed by atoms with van der Waals surface area (Å²) in [5.74, 6) is -4.85. The number of rotatable bonds is 2. The first kappa shape index (κ1) is 13.4. The fourth-order valence-corrected chi connectivity index (χ4v) is 2.04. The highest BCUT2D eigenvalue weighted by molar-refractivity contribution is 6.06. The van der Waals surface area contributed by atoms with Gasteiger partial charge in [0.25, 0.3) is 0 Å². The van der Waals surface area contributed by atoms with Gasteiger partial charge in [0.1, 0.15) is 11.9 Å². The van der Waals surface area contributed by atoms with E-state index >= 15 is 0 Å². The lowest BCUT2D eigenvalue weighted by atomic mass is 10.1. The smallest absolute Gasteiger partial charge is 0.247 e. The van der Waals surface area contributed by atoms with Crippen LogP contribution in [0.3, 0.4) is 0 Å². The van der Waals surface area contributed by atoms with Crippen LogP contribution in [0.15, 0.2) is 12.1 Å². The lowest BCUT2D eigenvalue weighted by Gasteiger charge is -2.34. The Morgan fingerprint density at radius 3 is 2.63 bits per heavy atom. The summed E-state index contributed by atoms with van der Waals surface area (Å²) in [5.41, 5.74) is -0.552. The highest BCUT2D eigenvalue weighted by atomic mass is 19.2. The molecule has 4 nitrogen and oxygen atoms in total. The van der Waals surface area contributed by atoms with Crippen molar-refractivity contribution in [2.45, 2.75) is 19.4 Å². The summed E-state index contributed by atoms with van der Waals surface area (Å²) in [6.45, 7) is 1.29. The largest absolute Gasteiger partial charge is 0.345 e. The summed E-state index contributed by atoms with van der Waals surface area (Å²) in [7, 11) is 0. The second kappa shape index (κ2) is 4.91. The normalized spacial score (nSPS) is 19.6. The molecule has 19 heavy (non-hydrogen) atoms.